The van der Waals surface area contributed by atoms with E-state index in [1.54, 1.807) is 0 Å². The molecule has 0 radical (unpaired) electrons. The number of esters is 1. The molecule has 8 heteroatoms. The van der Waals surface area contributed by atoms with Gasteiger partial charge < -0.3 is 9.16 Å². The standard InChI is InChI=1S/C33H60O6SSi/c1-10-12-14-19-23-31(33(34)37-25-29-20-17-15-18-21-29)32(38-40(9,35)36)24-30(22-16-13-11-2)39-41(26(3)4,27(5)6)28(7)8/h15,17-18,20-21,26-28,30-32H,10-14,16,19,22-25H2,1-9H3/t30-,31-,32+/m0/s1. The van der Waals surface area contributed by atoms with E-state index in [1.165, 1.54) is 0 Å². The van der Waals surface area contributed by atoms with E-state index in [4.69, 9.17) is 13.3 Å². The van der Waals surface area contributed by atoms with Crippen molar-refractivity contribution in [2.45, 2.75) is 155 Å². The summed E-state index contributed by atoms with van der Waals surface area (Å²) in [5.41, 5.74) is 2.08. The molecule has 0 heterocycles. The van der Waals surface area contributed by atoms with Crippen molar-refractivity contribution in [3.63, 3.8) is 0 Å². The lowest BCUT2D eigenvalue weighted by atomic mass is 9.90. The second-order valence-electron chi connectivity index (χ2n) is 12.7. The molecule has 238 valence electrons. The summed E-state index contributed by atoms with van der Waals surface area (Å²) in [6.45, 7) is 18.0. The minimum atomic E-state index is -3.82. The van der Waals surface area contributed by atoms with Crippen molar-refractivity contribution in [1.29, 1.82) is 0 Å². The molecule has 0 amide bonds. The lowest BCUT2D eigenvalue weighted by Crippen LogP contribution is -2.51. The van der Waals surface area contributed by atoms with Crippen LogP contribution in [-0.2, 0) is 34.9 Å². The van der Waals surface area contributed by atoms with E-state index >= 15 is 0 Å². The zero-order valence-corrected chi connectivity index (χ0v) is 29.3. The Morgan fingerprint density at radius 1 is 0.805 bits per heavy atom. The summed E-state index contributed by atoms with van der Waals surface area (Å²) in [7, 11) is -6.07. The highest BCUT2D eigenvalue weighted by molar-refractivity contribution is 7.86. The molecule has 0 aliphatic carbocycles. The monoisotopic (exact) mass is 612 g/mol. The second kappa shape index (κ2) is 19.1. The minimum absolute atomic E-state index is 0.150. The number of unbranched alkanes of at least 4 members (excludes halogenated alkanes) is 5. The lowest BCUT2D eigenvalue weighted by Gasteiger charge is -2.45. The molecule has 0 bridgehead atoms. The second-order valence-corrected chi connectivity index (χ2v) is 19.7. The van der Waals surface area contributed by atoms with Gasteiger partial charge in [0.25, 0.3) is 10.1 Å². The zero-order chi connectivity index (χ0) is 31.1. The third-order valence-electron chi connectivity index (χ3n) is 8.35. The molecule has 41 heavy (non-hydrogen) atoms. The number of hydrogen-bond donors (Lipinski definition) is 0. The van der Waals surface area contributed by atoms with Crippen molar-refractivity contribution in [2.24, 2.45) is 5.92 Å². The first kappa shape index (κ1) is 37.8. The first-order valence-corrected chi connectivity index (χ1v) is 20.0. The van der Waals surface area contributed by atoms with Crippen LogP contribution in [0.2, 0.25) is 16.6 Å². The Hall–Kier alpha value is -1.22. The molecule has 0 saturated carbocycles. The Bertz CT molecular complexity index is 926. The maximum Gasteiger partial charge on any atom is 0.311 e. The molecule has 1 aromatic carbocycles. The van der Waals surface area contributed by atoms with Crippen LogP contribution in [0.15, 0.2) is 30.3 Å². The molecule has 0 aliphatic rings. The van der Waals surface area contributed by atoms with Crippen LogP contribution in [0.1, 0.15) is 125 Å². The fraction of sp³-hybridized carbons (Fsp3) is 0.788. The number of rotatable bonds is 22. The van der Waals surface area contributed by atoms with Crippen LogP contribution in [0.4, 0.5) is 0 Å². The predicted octanol–water partition coefficient (Wildman–Crippen LogP) is 9.19. The molecule has 6 nitrogen and oxygen atoms in total. The average molecular weight is 613 g/mol. The van der Waals surface area contributed by atoms with Crippen molar-refractivity contribution in [1.82, 2.24) is 0 Å². The molecule has 3 atom stereocenters. The summed E-state index contributed by atoms with van der Waals surface area (Å²) in [6, 6.07) is 9.57. The summed E-state index contributed by atoms with van der Waals surface area (Å²) >= 11 is 0. The summed E-state index contributed by atoms with van der Waals surface area (Å²) < 4.78 is 43.9. The normalized spacial score (nSPS) is 14.9. The van der Waals surface area contributed by atoms with Crippen LogP contribution in [0, 0.1) is 5.92 Å². The van der Waals surface area contributed by atoms with E-state index in [1.807, 2.05) is 30.3 Å². The molecule has 0 unspecified atom stereocenters. The van der Waals surface area contributed by atoms with Gasteiger partial charge in [0.05, 0.1) is 18.3 Å². The van der Waals surface area contributed by atoms with Gasteiger partial charge in [-0.3, -0.25) is 8.98 Å². The van der Waals surface area contributed by atoms with Gasteiger partial charge in [-0.25, -0.2) is 0 Å². The maximum atomic E-state index is 13.6. The molecule has 0 spiro atoms. The fourth-order valence-corrected chi connectivity index (χ4v) is 12.6. The van der Waals surface area contributed by atoms with Crippen LogP contribution >= 0.6 is 0 Å². The molecule has 0 N–H and O–H groups in total. The van der Waals surface area contributed by atoms with Crippen molar-refractivity contribution in [3.05, 3.63) is 35.9 Å². The zero-order valence-electron chi connectivity index (χ0n) is 27.5. The molecule has 1 rings (SSSR count). The van der Waals surface area contributed by atoms with Gasteiger partial charge in [-0.15, -0.1) is 0 Å². The van der Waals surface area contributed by atoms with Crippen molar-refractivity contribution >= 4 is 24.4 Å². The summed E-state index contributed by atoms with van der Waals surface area (Å²) in [5, 5.41) is 0. The first-order chi connectivity index (χ1) is 19.3. The Kier molecular flexibility index (Phi) is 17.6. The smallest absolute Gasteiger partial charge is 0.311 e. The third kappa shape index (κ3) is 13.3. The molecular formula is C33H60O6SSi. The van der Waals surface area contributed by atoms with Gasteiger partial charge in [0.15, 0.2) is 0 Å². The summed E-state index contributed by atoms with van der Waals surface area (Å²) in [5.74, 6) is -1.08. The van der Waals surface area contributed by atoms with Gasteiger partial charge in [0.1, 0.15) is 6.61 Å². The van der Waals surface area contributed by atoms with Gasteiger partial charge in [-0.05, 0) is 35.0 Å². The molecule has 0 aliphatic heterocycles. The summed E-state index contributed by atoms with van der Waals surface area (Å²) in [4.78, 5) is 13.6. The van der Waals surface area contributed by atoms with Gasteiger partial charge >= 0.3 is 5.97 Å². The van der Waals surface area contributed by atoms with Crippen LogP contribution in [0.5, 0.6) is 0 Å². The quantitative estimate of drug-likeness (QED) is 0.0562. The minimum Gasteiger partial charge on any atom is -0.461 e. The average Bonchev–Trinajstić information content (AvgIpc) is 2.89. The predicted molar refractivity (Wildman–Crippen MR) is 173 cm³/mol. The van der Waals surface area contributed by atoms with Gasteiger partial charge in [0.2, 0.25) is 8.32 Å². The first-order valence-electron chi connectivity index (χ1n) is 16.0. The van der Waals surface area contributed by atoms with Crippen molar-refractivity contribution in [3.8, 4) is 0 Å². The Morgan fingerprint density at radius 2 is 1.34 bits per heavy atom. The Morgan fingerprint density at radius 3 is 1.85 bits per heavy atom. The van der Waals surface area contributed by atoms with E-state index < -0.39 is 36.4 Å². The van der Waals surface area contributed by atoms with E-state index in [0.29, 0.717) is 29.5 Å². The molecule has 0 aromatic heterocycles. The Labute approximate surface area is 253 Å². The highest BCUT2D eigenvalue weighted by Gasteiger charge is 2.47. The van der Waals surface area contributed by atoms with E-state index in [-0.39, 0.29) is 12.7 Å². The van der Waals surface area contributed by atoms with E-state index in [0.717, 1.165) is 63.2 Å². The topological polar surface area (TPSA) is 78.9 Å². The maximum absolute atomic E-state index is 13.6. The van der Waals surface area contributed by atoms with Crippen molar-refractivity contribution in [2.75, 3.05) is 6.26 Å². The van der Waals surface area contributed by atoms with Crippen LogP contribution in [0.3, 0.4) is 0 Å². The molecule has 1 aromatic rings. The van der Waals surface area contributed by atoms with Gasteiger partial charge in [-0.2, -0.15) is 8.42 Å². The highest BCUT2D eigenvalue weighted by Crippen LogP contribution is 2.44. The van der Waals surface area contributed by atoms with Crippen LogP contribution < -0.4 is 0 Å². The number of carbonyl (C=O) groups excluding carboxylic acids is 1. The summed E-state index contributed by atoms with van der Waals surface area (Å²) in [6.07, 6.45) is 8.84. The third-order valence-corrected chi connectivity index (χ3v) is 15.1. The van der Waals surface area contributed by atoms with Crippen molar-refractivity contribution < 1.29 is 26.6 Å². The van der Waals surface area contributed by atoms with Crippen LogP contribution in [-0.4, -0.2) is 41.2 Å². The molecular weight excluding hydrogens is 553 g/mol. The number of ether oxygens (including phenoxy) is 1. The van der Waals surface area contributed by atoms with Gasteiger partial charge in [-0.1, -0.05) is 131 Å². The molecule has 0 fully saturated rings. The van der Waals surface area contributed by atoms with Crippen LogP contribution in [0.25, 0.3) is 0 Å². The largest absolute Gasteiger partial charge is 0.461 e. The highest BCUT2D eigenvalue weighted by atomic mass is 32.2. The van der Waals surface area contributed by atoms with E-state index in [9.17, 15) is 13.2 Å². The molecule has 0 saturated heterocycles. The SMILES string of the molecule is CCCCCC[C@H](C(=O)OCc1ccccc1)[C@@H](C[C@H](CCCCC)O[Si](C(C)C)(C(C)C)C(C)C)OS(C)(=O)=O. The number of benzene rings is 1. The number of carbonyl (C=O) groups is 1. The number of hydrogen-bond acceptors (Lipinski definition) is 6. The fourth-order valence-electron chi connectivity index (χ4n) is 6.38. The van der Waals surface area contributed by atoms with E-state index in [2.05, 4.69) is 55.4 Å². The Balaban J connectivity index is 3.42. The lowest BCUT2D eigenvalue weighted by molar-refractivity contribution is -0.154. The van der Waals surface area contributed by atoms with Gasteiger partial charge in [0, 0.05) is 12.5 Å².